The van der Waals surface area contributed by atoms with E-state index in [1.54, 1.807) is 0 Å². The van der Waals surface area contributed by atoms with Crippen LogP contribution in [0, 0.1) is 0 Å². The fraction of sp³-hybridized carbons (Fsp3) is 0.200. The minimum atomic E-state index is -0.880. The van der Waals surface area contributed by atoms with Crippen LogP contribution >= 0.6 is 11.8 Å². The van der Waals surface area contributed by atoms with Gasteiger partial charge in [0, 0.05) is 11.6 Å². The molecular weight excluding hydrogens is 374 g/mol. The highest BCUT2D eigenvalue weighted by Gasteiger charge is 2.33. The van der Waals surface area contributed by atoms with Crippen molar-refractivity contribution >= 4 is 23.7 Å². The van der Waals surface area contributed by atoms with Crippen molar-refractivity contribution in [3.05, 3.63) is 72.1 Å². The standard InChI is InChI=1S/C20H19N5O2S/c21-19(27)22-18(26)16(13-7-3-1-4-8-13)28-20-24-23-17(14-11-12-14)25(20)15-9-5-2-6-10-15/h1-10,14,16H,11-12H2,(H3,21,22,26,27)/t16-/m1/s1. The number of rotatable bonds is 6. The maximum atomic E-state index is 12.7. The van der Waals surface area contributed by atoms with Crippen molar-refractivity contribution in [2.24, 2.45) is 5.73 Å². The van der Waals surface area contributed by atoms with Gasteiger partial charge in [-0.15, -0.1) is 10.2 Å². The van der Waals surface area contributed by atoms with Crippen molar-refractivity contribution in [2.45, 2.75) is 29.2 Å². The van der Waals surface area contributed by atoms with E-state index in [0.29, 0.717) is 11.1 Å². The van der Waals surface area contributed by atoms with Gasteiger partial charge in [0.25, 0.3) is 0 Å². The van der Waals surface area contributed by atoms with Crippen LogP contribution < -0.4 is 11.1 Å². The van der Waals surface area contributed by atoms with Crippen LogP contribution in [0.4, 0.5) is 4.79 Å². The molecule has 2 aromatic carbocycles. The Morgan fingerprint density at radius 3 is 2.29 bits per heavy atom. The number of hydrogen-bond donors (Lipinski definition) is 2. The van der Waals surface area contributed by atoms with E-state index in [2.05, 4.69) is 15.5 Å². The maximum absolute atomic E-state index is 12.7. The normalized spacial score (nSPS) is 14.4. The molecule has 1 fully saturated rings. The lowest BCUT2D eigenvalue weighted by molar-refractivity contribution is -0.119. The van der Waals surface area contributed by atoms with Crippen LogP contribution in [0.3, 0.4) is 0 Å². The van der Waals surface area contributed by atoms with E-state index in [4.69, 9.17) is 5.73 Å². The average Bonchev–Trinajstić information content (AvgIpc) is 3.46. The SMILES string of the molecule is NC(=O)NC(=O)[C@H](Sc1nnc(C2CC2)n1-c1ccccc1)c1ccccc1. The minimum absolute atomic E-state index is 0.386. The number of urea groups is 1. The molecule has 3 amide bonds. The van der Waals surface area contributed by atoms with Gasteiger partial charge in [-0.05, 0) is 30.5 Å². The zero-order valence-corrected chi connectivity index (χ0v) is 15.8. The van der Waals surface area contributed by atoms with Gasteiger partial charge < -0.3 is 5.73 Å². The van der Waals surface area contributed by atoms with E-state index < -0.39 is 17.2 Å². The molecule has 3 N–H and O–H groups in total. The zero-order chi connectivity index (χ0) is 19.5. The number of nitrogens with one attached hydrogen (secondary N) is 1. The smallest absolute Gasteiger partial charge is 0.318 e. The van der Waals surface area contributed by atoms with E-state index in [1.807, 2.05) is 65.2 Å². The quantitative estimate of drug-likeness (QED) is 0.626. The second kappa shape index (κ2) is 7.85. The summed E-state index contributed by atoms with van der Waals surface area (Å²) >= 11 is 1.25. The van der Waals surface area contributed by atoms with Gasteiger partial charge in [0.15, 0.2) is 5.16 Å². The molecule has 28 heavy (non-hydrogen) atoms. The fourth-order valence-corrected chi connectivity index (χ4v) is 4.04. The second-order valence-corrected chi connectivity index (χ2v) is 7.62. The topological polar surface area (TPSA) is 103 Å². The highest BCUT2D eigenvalue weighted by atomic mass is 32.2. The Labute approximate surface area is 166 Å². The number of thioether (sulfide) groups is 1. The molecule has 0 radical (unpaired) electrons. The monoisotopic (exact) mass is 393 g/mol. The van der Waals surface area contributed by atoms with Crippen LogP contribution in [-0.2, 0) is 4.79 Å². The van der Waals surface area contributed by atoms with E-state index in [-0.39, 0.29) is 0 Å². The fourth-order valence-electron chi connectivity index (χ4n) is 2.98. The molecule has 8 heteroatoms. The molecule has 1 saturated carbocycles. The number of primary amides is 1. The summed E-state index contributed by atoms with van der Waals surface area (Å²) in [4.78, 5) is 23.9. The Morgan fingerprint density at radius 1 is 1.04 bits per heavy atom. The van der Waals surface area contributed by atoms with Crippen LogP contribution in [0.1, 0.15) is 35.4 Å². The molecule has 1 heterocycles. The number of nitrogens with two attached hydrogens (primary N) is 1. The molecule has 3 aromatic rings. The molecular formula is C20H19N5O2S. The van der Waals surface area contributed by atoms with Crippen LogP contribution in [0.5, 0.6) is 0 Å². The molecule has 0 saturated heterocycles. The third-order valence-corrected chi connectivity index (χ3v) is 5.62. The van der Waals surface area contributed by atoms with Gasteiger partial charge in [-0.1, -0.05) is 60.3 Å². The Bertz CT molecular complexity index is 986. The van der Waals surface area contributed by atoms with E-state index >= 15 is 0 Å². The van der Waals surface area contributed by atoms with E-state index in [0.717, 1.165) is 29.9 Å². The number of amides is 3. The third-order valence-electron chi connectivity index (χ3n) is 4.43. The second-order valence-electron chi connectivity index (χ2n) is 6.55. The summed E-state index contributed by atoms with van der Waals surface area (Å²) in [7, 11) is 0. The van der Waals surface area contributed by atoms with Gasteiger partial charge in [0.2, 0.25) is 5.91 Å². The predicted molar refractivity (Wildman–Crippen MR) is 106 cm³/mol. The summed E-state index contributed by atoms with van der Waals surface area (Å²) in [5.41, 5.74) is 6.86. The van der Waals surface area contributed by atoms with Crippen LogP contribution in [0.2, 0.25) is 0 Å². The highest BCUT2D eigenvalue weighted by molar-refractivity contribution is 8.00. The lowest BCUT2D eigenvalue weighted by atomic mass is 10.1. The summed E-state index contributed by atoms with van der Waals surface area (Å²) in [5.74, 6) is 0.798. The van der Waals surface area contributed by atoms with E-state index in [1.165, 1.54) is 11.8 Å². The zero-order valence-electron chi connectivity index (χ0n) is 15.0. The van der Waals surface area contributed by atoms with Crippen LogP contribution in [-0.4, -0.2) is 26.7 Å². The average molecular weight is 393 g/mol. The maximum Gasteiger partial charge on any atom is 0.318 e. The molecule has 0 bridgehead atoms. The lowest BCUT2D eigenvalue weighted by Gasteiger charge is -2.16. The summed E-state index contributed by atoms with van der Waals surface area (Å²) in [5, 5.41) is 10.8. The Balaban J connectivity index is 1.73. The van der Waals surface area contributed by atoms with Gasteiger partial charge in [-0.25, -0.2) is 4.79 Å². The number of imide groups is 1. The molecule has 0 unspecified atom stereocenters. The number of benzene rings is 2. The molecule has 1 aliphatic carbocycles. The van der Waals surface area contributed by atoms with Crippen molar-refractivity contribution in [3.8, 4) is 5.69 Å². The Hall–Kier alpha value is -3.13. The van der Waals surface area contributed by atoms with E-state index in [9.17, 15) is 9.59 Å². The number of para-hydroxylation sites is 1. The van der Waals surface area contributed by atoms with Crippen molar-refractivity contribution in [2.75, 3.05) is 0 Å². The third kappa shape index (κ3) is 3.91. The summed E-state index contributed by atoms with van der Waals surface area (Å²) < 4.78 is 2.00. The van der Waals surface area contributed by atoms with Crippen LogP contribution in [0.25, 0.3) is 5.69 Å². The number of carbonyl (C=O) groups excluding carboxylic acids is 2. The molecule has 1 aromatic heterocycles. The summed E-state index contributed by atoms with van der Waals surface area (Å²) in [6.45, 7) is 0. The van der Waals surface area contributed by atoms with Crippen molar-refractivity contribution < 1.29 is 9.59 Å². The molecule has 0 aliphatic heterocycles. The molecule has 1 atom stereocenters. The number of carbonyl (C=O) groups is 2. The Morgan fingerprint density at radius 2 is 1.68 bits per heavy atom. The molecule has 7 nitrogen and oxygen atoms in total. The van der Waals surface area contributed by atoms with Gasteiger partial charge in [0.1, 0.15) is 11.1 Å². The largest absolute Gasteiger partial charge is 0.351 e. The Kier molecular flexibility index (Phi) is 5.12. The first-order valence-corrected chi connectivity index (χ1v) is 9.84. The first-order chi connectivity index (χ1) is 13.6. The minimum Gasteiger partial charge on any atom is -0.351 e. The first kappa shape index (κ1) is 18.2. The van der Waals surface area contributed by atoms with Gasteiger partial charge in [-0.2, -0.15) is 0 Å². The number of nitrogens with zero attached hydrogens (tertiary/aromatic N) is 3. The number of hydrogen-bond acceptors (Lipinski definition) is 5. The molecule has 1 aliphatic rings. The summed E-state index contributed by atoms with van der Waals surface area (Å²) in [6.07, 6.45) is 2.17. The predicted octanol–water partition coefficient (Wildman–Crippen LogP) is 3.17. The lowest BCUT2D eigenvalue weighted by Crippen LogP contribution is -2.37. The van der Waals surface area contributed by atoms with Gasteiger partial charge in [0.05, 0.1) is 0 Å². The highest BCUT2D eigenvalue weighted by Crippen LogP contribution is 2.43. The van der Waals surface area contributed by atoms with Gasteiger partial charge >= 0.3 is 6.03 Å². The van der Waals surface area contributed by atoms with Crippen LogP contribution in [0.15, 0.2) is 65.8 Å². The van der Waals surface area contributed by atoms with Crippen molar-refractivity contribution in [3.63, 3.8) is 0 Å². The first-order valence-electron chi connectivity index (χ1n) is 8.96. The molecule has 142 valence electrons. The summed E-state index contributed by atoms with van der Waals surface area (Å²) in [6, 6.07) is 18.2. The van der Waals surface area contributed by atoms with Crippen molar-refractivity contribution in [1.29, 1.82) is 0 Å². The molecule has 4 rings (SSSR count). The number of aromatic nitrogens is 3. The molecule has 0 spiro atoms. The van der Waals surface area contributed by atoms with Gasteiger partial charge in [-0.3, -0.25) is 14.7 Å². The van der Waals surface area contributed by atoms with Crippen molar-refractivity contribution in [1.82, 2.24) is 20.1 Å².